The van der Waals surface area contributed by atoms with Gasteiger partial charge >= 0.3 is 0 Å². The van der Waals surface area contributed by atoms with Gasteiger partial charge in [0.2, 0.25) is 11.8 Å². The molecule has 1 aliphatic heterocycles. The fraction of sp³-hybridized carbons (Fsp3) is 0.556. The van der Waals surface area contributed by atoms with Crippen molar-refractivity contribution in [3.8, 4) is 22.8 Å². The number of rotatable bonds is 10. The molecule has 36 heavy (non-hydrogen) atoms. The molecule has 9 nitrogen and oxygen atoms in total. The predicted octanol–water partition coefficient (Wildman–Crippen LogP) is 3.34. The van der Waals surface area contributed by atoms with Crippen molar-refractivity contribution in [2.75, 3.05) is 58.4 Å². The zero-order valence-electron chi connectivity index (χ0n) is 22.4. The summed E-state index contributed by atoms with van der Waals surface area (Å²) in [6, 6.07) is 9.45. The second-order valence-corrected chi connectivity index (χ2v) is 9.60. The van der Waals surface area contributed by atoms with Crippen molar-refractivity contribution in [2.24, 2.45) is 11.8 Å². The summed E-state index contributed by atoms with van der Waals surface area (Å²) in [5.74, 6) is 2.42. The molecule has 196 valence electrons. The second-order valence-electron chi connectivity index (χ2n) is 9.60. The lowest BCUT2D eigenvalue weighted by Crippen LogP contribution is -2.52. The minimum absolute atomic E-state index is 0.0000130. The summed E-state index contributed by atoms with van der Waals surface area (Å²) in [5, 5.41) is 8.85. The Labute approximate surface area is 214 Å². The van der Waals surface area contributed by atoms with Gasteiger partial charge in [0.05, 0.1) is 26.5 Å². The molecule has 1 fully saturated rings. The first-order chi connectivity index (χ1) is 17.3. The Hall–Kier alpha value is -3.36. The second kappa shape index (κ2) is 12.6. The number of hydrogen-bond donors (Lipinski definition) is 0. The molecule has 1 atom stereocenters. The van der Waals surface area contributed by atoms with E-state index in [1.807, 2.05) is 49.1 Å². The first kappa shape index (κ1) is 27.2. The van der Waals surface area contributed by atoms with Crippen molar-refractivity contribution >= 4 is 17.6 Å². The van der Waals surface area contributed by atoms with Gasteiger partial charge in [-0.15, -0.1) is 10.2 Å². The maximum Gasteiger partial charge on any atom is 0.242 e. The molecule has 0 bridgehead atoms. The molecule has 0 N–H and O–H groups in total. The van der Waals surface area contributed by atoms with Gasteiger partial charge in [-0.1, -0.05) is 34.1 Å². The van der Waals surface area contributed by atoms with Crippen LogP contribution in [0.5, 0.6) is 11.5 Å². The highest BCUT2D eigenvalue weighted by molar-refractivity contribution is 5.85. The fourth-order valence-corrected chi connectivity index (χ4v) is 4.20. The van der Waals surface area contributed by atoms with Gasteiger partial charge in [0, 0.05) is 50.3 Å². The summed E-state index contributed by atoms with van der Waals surface area (Å²) in [5.41, 5.74) is 1.55. The van der Waals surface area contributed by atoms with Gasteiger partial charge in [-0.05, 0) is 30.2 Å². The quantitative estimate of drug-likeness (QED) is 0.497. The molecule has 1 aliphatic rings. The van der Waals surface area contributed by atoms with Gasteiger partial charge < -0.3 is 24.2 Å². The van der Waals surface area contributed by atoms with Crippen molar-refractivity contribution in [2.45, 2.75) is 34.1 Å². The number of amides is 2. The number of benzene rings is 1. The Morgan fingerprint density at radius 3 is 2.28 bits per heavy atom. The summed E-state index contributed by atoms with van der Waals surface area (Å²) in [4.78, 5) is 31.4. The van der Waals surface area contributed by atoms with Crippen LogP contribution in [0.3, 0.4) is 0 Å². The summed E-state index contributed by atoms with van der Waals surface area (Å²) in [7, 11) is 3.23. The van der Waals surface area contributed by atoms with Crippen molar-refractivity contribution in [3.63, 3.8) is 0 Å². The Morgan fingerprint density at radius 2 is 1.72 bits per heavy atom. The summed E-state index contributed by atoms with van der Waals surface area (Å²) < 4.78 is 10.8. The van der Waals surface area contributed by atoms with E-state index in [9.17, 15) is 9.59 Å². The van der Waals surface area contributed by atoms with Crippen LogP contribution in [-0.4, -0.2) is 85.3 Å². The Balaban J connectivity index is 1.60. The highest BCUT2D eigenvalue weighted by atomic mass is 16.5. The van der Waals surface area contributed by atoms with Crippen LogP contribution in [0.4, 0.5) is 5.82 Å². The molecule has 0 saturated carbocycles. The van der Waals surface area contributed by atoms with E-state index in [1.165, 1.54) is 0 Å². The minimum Gasteiger partial charge on any atom is -0.497 e. The minimum atomic E-state index is -0.127. The summed E-state index contributed by atoms with van der Waals surface area (Å²) in [6.07, 6.45) is 0.972. The number of methoxy groups -OCH3 is 2. The molecule has 9 heteroatoms. The Morgan fingerprint density at radius 1 is 1.00 bits per heavy atom. The molecule has 2 heterocycles. The fourth-order valence-electron chi connectivity index (χ4n) is 4.20. The molecule has 0 spiro atoms. The number of nitrogens with zero attached hydrogens (tertiary/aromatic N) is 5. The standard InChI is InChI=1S/C27H39N5O4/c1-7-20(4)17-32(27(34)19(2)3)18-26(33)31-14-12-30(13-15-31)25-11-10-23(28-29-25)22-9-8-21(35-5)16-24(22)36-6/h8-11,16,19-20H,7,12-15,17-18H2,1-6H3. The van der Waals surface area contributed by atoms with Gasteiger partial charge in [-0.3, -0.25) is 9.59 Å². The third-order valence-corrected chi connectivity index (χ3v) is 6.65. The molecule has 0 aliphatic carbocycles. The number of ether oxygens (including phenoxy) is 2. The lowest BCUT2D eigenvalue weighted by molar-refractivity contribution is -0.143. The van der Waals surface area contributed by atoms with Gasteiger partial charge in [0.25, 0.3) is 0 Å². The average molecular weight is 498 g/mol. The molecule has 1 unspecified atom stereocenters. The van der Waals surface area contributed by atoms with E-state index in [2.05, 4.69) is 28.9 Å². The molecule has 0 radical (unpaired) electrons. The SMILES string of the molecule is CCC(C)CN(CC(=O)N1CCN(c2ccc(-c3ccc(OC)cc3OC)nn2)CC1)C(=O)C(C)C. The highest BCUT2D eigenvalue weighted by Gasteiger charge is 2.27. The number of piperazine rings is 1. The molecule has 1 aromatic carbocycles. The van der Waals surface area contributed by atoms with Gasteiger partial charge in [0.15, 0.2) is 5.82 Å². The number of carbonyl (C=O) groups excluding carboxylic acids is 2. The maximum absolute atomic E-state index is 13.0. The number of hydrogen-bond acceptors (Lipinski definition) is 7. The molecular formula is C27H39N5O4. The van der Waals surface area contributed by atoms with Crippen molar-refractivity contribution in [1.82, 2.24) is 20.0 Å². The third kappa shape index (κ3) is 6.65. The van der Waals surface area contributed by atoms with E-state index in [1.54, 1.807) is 19.1 Å². The first-order valence-electron chi connectivity index (χ1n) is 12.6. The van der Waals surface area contributed by atoms with Crippen LogP contribution < -0.4 is 14.4 Å². The van der Waals surface area contributed by atoms with Crippen molar-refractivity contribution < 1.29 is 19.1 Å². The van der Waals surface area contributed by atoms with Crippen LogP contribution in [0.25, 0.3) is 11.3 Å². The zero-order valence-corrected chi connectivity index (χ0v) is 22.4. The first-order valence-corrected chi connectivity index (χ1v) is 12.6. The van der Waals surface area contributed by atoms with E-state index in [4.69, 9.17) is 9.47 Å². The monoisotopic (exact) mass is 497 g/mol. The van der Waals surface area contributed by atoms with Crippen molar-refractivity contribution in [1.29, 1.82) is 0 Å². The van der Waals surface area contributed by atoms with E-state index in [0.29, 0.717) is 55.8 Å². The number of anilines is 1. The largest absolute Gasteiger partial charge is 0.497 e. The van der Waals surface area contributed by atoms with Crippen LogP contribution in [0, 0.1) is 11.8 Å². The van der Waals surface area contributed by atoms with Crippen LogP contribution in [0.2, 0.25) is 0 Å². The summed E-state index contributed by atoms with van der Waals surface area (Å²) in [6.45, 7) is 11.2. The Kier molecular flexibility index (Phi) is 9.50. The normalized spacial score (nSPS) is 14.5. The van der Waals surface area contributed by atoms with E-state index < -0.39 is 0 Å². The topological polar surface area (TPSA) is 88.1 Å². The van der Waals surface area contributed by atoms with Gasteiger partial charge in [-0.25, -0.2) is 0 Å². The third-order valence-electron chi connectivity index (χ3n) is 6.65. The van der Waals surface area contributed by atoms with Gasteiger partial charge in [-0.2, -0.15) is 0 Å². The molecule has 1 saturated heterocycles. The molecular weight excluding hydrogens is 458 g/mol. The number of carbonyl (C=O) groups is 2. The smallest absolute Gasteiger partial charge is 0.242 e. The molecule has 2 aromatic rings. The number of aromatic nitrogens is 2. The van der Waals surface area contributed by atoms with E-state index in [0.717, 1.165) is 17.8 Å². The highest BCUT2D eigenvalue weighted by Crippen LogP contribution is 2.32. The van der Waals surface area contributed by atoms with Crippen LogP contribution in [-0.2, 0) is 9.59 Å². The van der Waals surface area contributed by atoms with Crippen LogP contribution in [0.15, 0.2) is 30.3 Å². The molecule has 2 amide bonds. The van der Waals surface area contributed by atoms with Crippen LogP contribution >= 0.6 is 0 Å². The van der Waals surface area contributed by atoms with E-state index >= 15 is 0 Å². The maximum atomic E-state index is 13.0. The van der Waals surface area contributed by atoms with Crippen molar-refractivity contribution in [3.05, 3.63) is 30.3 Å². The summed E-state index contributed by atoms with van der Waals surface area (Å²) >= 11 is 0. The molecule has 1 aromatic heterocycles. The lowest BCUT2D eigenvalue weighted by atomic mass is 10.1. The predicted molar refractivity (Wildman–Crippen MR) is 140 cm³/mol. The average Bonchev–Trinajstić information content (AvgIpc) is 2.91. The van der Waals surface area contributed by atoms with Crippen LogP contribution in [0.1, 0.15) is 34.1 Å². The zero-order chi connectivity index (χ0) is 26.2. The van der Waals surface area contributed by atoms with E-state index in [-0.39, 0.29) is 24.3 Å². The molecule has 3 rings (SSSR count). The lowest BCUT2D eigenvalue weighted by Gasteiger charge is -2.36. The Bertz CT molecular complexity index is 1020. The van der Waals surface area contributed by atoms with Gasteiger partial charge in [0.1, 0.15) is 11.5 Å².